The van der Waals surface area contributed by atoms with Gasteiger partial charge >= 0.3 is 6.18 Å². The molecule has 2 amide bonds. The van der Waals surface area contributed by atoms with E-state index >= 15 is 0 Å². The number of halogens is 3. The van der Waals surface area contributed by atoms with Gasteiger partial charge in [0.15, 0.2) is 0 Å². The standard InChI is InChI=1S/C26H34F3N3O3/c27-26(28,29)21-15-18(30-23(34)17-3-1-4-17)5-10-22(21)31-13-2-11-25(16-31)12-14-32(24(25)35)19-6-8-20(33)9-7-19/h5,10,15,17,19-20,33H,1-4,6-9,11-14,16H2,(H,30,34)/t19?,20?,25-/m1/s1. The second-order valence-corrected chi connectivity index (χ2v) is 10.9. The first-order valence-electron chi connectivity index (χ1n) is 12.9. The average molecular weight is 494 g/mol. The summed E-state index contributed by atoms with van der Waals surface area (Å²) >= 11 is 0. The quantitative estimate of drug-likeness (QED) is 0.645. The van der Waals surface area contributed by atoms with Gasteiger partial charge in [-0.05, 0) is 76.0 Å². The Morgan fingerprint density at radius 2 is 1.77 bits per heavy atom. The van der Waals surface area contributed by atoms with Crippen molar-refractivity contribution in [3.05, 3.63) is 23.8 Å². The minimum atomic E-state index is -4.58. The number of amides is 2. The molecule has 0 unspecified atom stereocenters. The number of piperidine rings is 1. The van der Waals surface area contributed by atoms with Gasteiger partial charge in [0.05, 0.1) is 17.1 Å². The Balaban J connectivity index is 1.35. The molecular formula is C26H34F3N3O3. The molecule has 2 saturated heterocycles. The highest BCUT2D eigenvalue weighted by Gasteiger charge is 2.51. The number of rotatable bonds is 4. The van der Waals surface area contributed by atoms with Gasteiger partial charge in [-0.1, -0.05) is 6.42 Å². The SMILES string of the molecule is O=C(Nc1ccc(N2CCC[C@@]3(CCN(C4CCC(O)CC4)C3=O)C2)c(C(F)(F)F)c1)C1CCC1. The summed E-state index contributed by atoms with van der Waals surface area (Å²) in [7, 11) is 0. The van der Waals surface area contributed by atoms with E-state index in [1.54, 1.807) is 11.0 Å². The van der Waals surface area contributed by atoms with Gasteiger partial charge in [0, 0.05) is 43.0 Å². The van der Waals surface area contributed by atoms with E-state index in [0.29, 0.717) is 45.2 Å². The van der Waals surface area contributed by atoms with Crippen LogP contribution in [0.4, 0.5) is 24.5 Å². The fraction of sp³-hybridized carbons (Fsp3) is 0.692. The van der Waals surface area contributed by atoms with Crippen molar-refractivity contribution in [3.63, 3.8) is 0 Å². The average Bonchev–Trinajstić information content (AvgIpc) is 3.08. The summed E-state index contributed by atoms with van der Waals surface area (Å²) in [4.78, 5) is 29.5. The summed E-state index contributed by atoms with van der Waals surface area (Å²) in [5.41, 5.74) is -1.20. The van der Waals surface area contributed by atoms with Crippen molar-refractivity contribution in [1.29, 1.82) is 0 Å². The fourth-order valence-corrected chi connectivity index (χ4v) is 6.31. The molecule has 2 aliphatic carbocycles. The minimum Gasteiger partial charge on any atom is -0.393 e. The van der Waals surface area contributed by atoms with Crippen molar-refractivity contribution < 1.29 is 27.9 Å². The van der Waals surface area contributed by atoms with Gasteiger partial charge < -0.3 is 20.2 Å². The molecule has 2 saturated carbocycles. The third kappa shape index (κ3) is 4.76. The summed E-state index contributed by atoms with van der Waals surface area (Å²) in [5, 5.41) is 12.5. The first-order valence-corrected chi connectivity index (χ1v) is 12.9. The van der Waals surface area contributed by atoms with E-state index in [4.69, 9.17) is 0 Å². The van der Waals surface area contributed by atoms with Crippen LogP contribution in [-0.2, 0) is 15.8 Å². The summed E-state index contributed by atoms with van der Waals surface area (Å²) < 4.78 is 42.3. The van der Waals surface area contributed by atoms with Gasteiger partial charge in [-0.2, -0.15) is 13.2 Å². The predicted molar refractivity (Wildman–Crippen MR) is 126 cm³/mol. The monoisotopic (exact) mass is 493 g/mol. The Kier molecular flexibility index (Phi) is 6.48. The molecule has 1 aromatic rings. The smallest absolute Gasteiger partial charge is 0.393 e. The first-order chi connectivity index (χ1) is 16.7. The van der Waals surface area contributed by atoms with Gasteiger partial charge in [0.1, 0.15) is 0 Å². The molecule has 6 nitrogen and oxygen atoms in total. The van der Waals surface area contributed by atoms with Gasteiger partial charge in [-0.25, -0.2) is 0 Å². The second kappa shape index (κ2) is 9.30. The molecule has 9 heteroatoms. The van der Waals surface area contributed by atoms with E-state index in [1.807, 2.05) is 4.90 Å². The topological polar surface area (TPSA) is 72.9 Å². The van der Waals surface area contributed by atoms with Crippen molar-refractivity contribution in [1.82, 2.24) is 4.90 Å². The summed E-state index contributed by atoms with van der Waals surface area (Å²) in [6, 6.07) is 4.13. The number of aliphatic hydroxyl groups is 1. The summed E-state index contributed by atoms with van der Waals surface area (Å²) in [5.74, 6) is -0.280. The molecule has 1 atom stereocenters. The minimum absolute atomic E-state index is 0.0570. The lowest BCUT2D eigenvalue weighted by Gasteiger charge is -2.42. The number of alkyl halides is 3. The van der Waals surface area contributed by atoms with E-state index < -0.39 is 17.2 Å². The van der Waals surface area contributed by atoms with Crippen LogP contribution < -0.4 is 10.2 Å². The number of likely N-dealkylation sites (tertiary alicyclic amines) is 1. The van der Waals surface area contributed by atoms with Gasteiger partial charge in [0.25, 0.3) is 0 Å². The Hall–Kier alpha value is -2.29. The van der Waals surface area contributed by atoms with Crippen molar-refractivity contribution >= 4 is 23.2 Å². The molecule has 4 fully saturated rings. The molecule has 5 rings (SSSR count). The van der Waals surface area contributed by atoms with Crippen LogP contribution in [0.3, 0.4) is 0 Å². The highest BCUT2D eigenvalue weighted by atomic mass is 19.4. The van der Waals surface area contributed by atoms with Crippen LogP contribution in [0.25, 0.3) is 0 Å². The maximum atomic E-state index is 14.1. The van der Waals surface area contributed by atoms with Crippen LogP contribution in [0, 0.1) is 11.3 Å². The van der Waals surface area contributed by atoms with E-state index in [-0.39, 0.29) is 47.8 Å². The number of hydrogen-bond acceptors (Lipinski definition) is 4. The number of nitrogens with one attached hydrogen (secondary N) is 1. The molecule has 1 aromatic carbocycles. The molecule has 0 bridgehead atoms. The number of carbonyl (C=O) groups is 2. The van der Waals surface area contributed by atoms with E-state index in [9.17, 15) is 27.9 Å². The van der Waals surface area contributed by atoms with Gasteiger partial charge in [-0.15, -0.1) is 0 Å². The number of anilines is 2. The zero-order valence-electron chi connectivity index (χ0n) is 19.9. The number of aliphatic hydroxyl groups excluding tert-OH is 1. The number of carbonyl (C=O) groups excluding carboxylic acids is 2. The lowest BCUT2D eigenvalue weighted by Crippen LogP contribution is -2.50. The van der Waals surface area contributed by atoms with Crippen LogP contribution in [-0.4, -0.2) is 53.6 Å². The van der Waals surface area contributed by atoms with Crippen molar-refractivity contribution in [3.8, 4) is 0 Å². The van der Waals surface area contributed by atoms with Crippen molar-refractivity contribution in [2.75, 3.05) is 29.9 Å². The molecule has 2 heterocycles. The van der Waals surface area contributed by atoms with E-state index in [2.05, 4.69) is 5.32 Å². The number of hydrogen-bond donors (Lipinski definition) is 2. The highest BCUT2D eigenvalue weighted by molar-refractivity contribution is 5.93. The molecular weight excluding hydrogens is 459 g/mol. The predicted octanol–water partition coefficient (Wildman–Crippen LogP) is 4.57. The van der Waals surface area contributed by atoms with Gasteiger partial charge in [-0.3, -0.25) is 9.59 Å². The maximum Gasteiger partial charge on any atom is 0.418 e. The molecule has 35 heavy (non-hydrogen) atoms. The van der Waals surface area contributed by atoms with Crippen LogP contribution >= 0.6 is 0 Å². The van der Waals surface area contributed by atoms with Crippen LogP contribution in [0.1, 0.15) is 69.8 Å². The number of benzene rings is 1. The van der Waals surface area contributed by atoms with Crippen LogP contribution in [0.15, 0.2) is 18.2 Å². The number of nitrogens with zero attached hydrogens (tertiary/aromatic N) is 2. The highest BCUT2D eigenvalue weighted by Crippen LogP contribution is 2.46. The maximum absolute atomic E-state index is 14.1. The normalized spacial score (nSPS) is 30.0. The second-order valence-electron chi connectivity index (χ2n) is 10.9. The van der Waals surface area contributed by atoms with Crippen molar-refractivity contribution in [2.45, 2.75) is 82.5 Å². The Labute approximate surface area is 203 Å². The van der Waals surface area contributed by atoms with E-state index in [0.717, 1.165) is 38.2 Å². The Bertz CT molecular complexity index is 972. The molecule has 2 aliphatic heterocycles. The van der Waals surface area contributed by atoms with Crippen molar-refractivity contribution in [2.24, 2.45) is 11.3 Å². The molecule has 0 aromatic heterocycles. The molecule has 2 N–H and O–H groups in total. The molecule has 1 spiro atoms. The molecule has 192 valence electrons. The van der Waals surface area contributed by atoms with Gasteiger partial charge in [0.2, 0.25) is 11.8 Å². The summed E-state index contributed by atoms with van der Waals surface area (Å²) in [6.45, 7) is 1.36. The summed E-state index contributed by atoms with van der Waals surface area (Å²) in [6.07, 6.45) is 2.56. The van der Waals surface area contributed by atoms with E-state index in [1.165, 1.54) is 6.07 Å². The largest absolute Gasteiger partial charge is 0.418 e. The molecule has 0 radical (unpaired) electrons. The lowest BCUT2D eigenvalue weighted by molar-refractivity contribution is -0.139. The third-order valence-corrected chi connectivity index (χ3v) is 8.62. The van der Waals surface area contributed by atoms with Crippen LogP contribution in [0.2, 0.25) is 0 Å². The zero-order chi connectivity index (χ0) is 24.8. The third-order valence-electron chi connectivity index (χ3n) is 8.62. The van der Waals surface area contributed by atoms with Crippen LogP contribution in [0.5, 0.6) is 0 Å². The first kappa shape index (κ1) is 24.4. The molecule has 4 aliphatic rings. The fourth-order valence-electron chi connectivity index (χ4n) is 6.31. The lowest BCUT2D eigenvalue weighted by atomic mass is 9.78. The Morgan fingerprint density at radius 3 is 2.43 bits per heavy atom. The Morgan fingerprint density at radius 1 is 1.03 bits per heavy atom. The zero-order valence-corrected chi connectivity index (χ0v) is 19.9.